The minimum Gasteiger partial charge on any atom is -0.496 e. The monoisotopic (exact) mass is 522 g/mol. The first-order valence-corrected chi connectivity index (χ1v) is 13.0. The fraction of sp³-hybridized carbons (Fsp3) is 0.407. The number of carbonyl (C=O) groups is 3. The van der Waals surface area contributed by atoms with Gasteiger partial charge in [0.15, 0.2) is 0 Å². The lowest BCUT2D eigenvalue weighted by atomic mass is 9.80. The van der Waals surface area contributed by atoms with E-state index in [-0.39, 0.29) is 24.8 Å². The third-order valence-corrected chi connectivity index (χ3v) is 8.43. The number of ether oxygens (including phenoxy) is 1. The second kappa shape index (κ2) is 9.75. The number of methoxy groups -OCH3 is 1. The molecule has 9 nitrogen and oxygen atoms in total. The molecule has 2 aromatic carbocycles. The van der Waals surface area contributed by atoms with Gasteiger partial charge in [0.1, 0.15) is 10.8 Å². The van der Waals surface area contributed by atoms with Crippen LogP contribution >= 0.6 is 11.3 Å². The van der Waals surface area contributed by atoms with E-state index in [4.69, 9.17) is 4.74 Å². The molecular weight excluding hydrogens is 492 g/mol. The van der Waals surface area contributed by atoms with Gasteiger partial charge in [-0.15, -0.1) is 11.3 Å². The normalized spacial score (nSPS) is 16.5. The van der Waals surface area contributed by atoms with E-state index in [0.717, 1.165) is 15.8 Å². The standard InChI is InChI=1S/C27H30N4O5S/c1-30(2)18-14-31(15-18)25(34)19-8-20-22(9-21(19)36-3)37-23(29-20)13-28-26(35)27(12-24(32)33)10-16-6-4-5-7-17(16)11-27/h4-9,18H,10-15H2,1-3H3,(H,28,35)(H,32,33). The molecule has 3 aromatic rings. The molecule has 10 heteroatoms. The second-order valence-corrected chi connectivity index (χ2v) is 11.2. The highest BCUT2D eigenvalue weighted by molar-refractivity contribution is 7.18. The van der Waals surface area contributed by atoms with Crippen LogP contribution in [0.5, 0.6) is 5.75 Å². The average Bonchev–Trinajstić information content (AvgIpc) is 3.40. The summed E-state index contributed by atoms with van der Waals surface area (Å²) in [5, 5.41) is 13.1. The van der Waals surface area contributed by atoms with Crippen molar-refractivity contribution in [3.8, 4) is 5.75 Å². The lowest BCUT2D eigenvalue weighted by molar-refractivity contribution is -0.145. The summed E-state index contributed by atoms with van der Waals surface area (Å²) in [6.07, 6.45) is 0.561. The van der Waals surface area contributed by atoms with Crippen molar-refractivity contribution in [1.82, 2.24) is 20.1 Å². The van der Waals surface area contributed by atoms with E-state index in [0.29, 0.717) is 53.8 Å². The van der Waals surface area contributed by atoms with E-state index in [2.05, 4.69) is 15.2 Å². The van der Waals surface area contributed by atoms with Crippen LogP contribution in [-0.2, 0) is 29.0 Å². The number of thiazole rings is 1. The first-order chi connectivity index (χ1) is 17.7. The quantitative estimate of drug-likeness (QED) is 0.468. The molecule has 1 aliphatic carbocycles. The van der Waals surface area contributed by atoms with Crippen LogP contribution in [0.15, 0.2) is 36.4 Å². The Morgan fingerprint density at radius 1 is 1.19 bits per heavy atom. The highest BCUT2D eigenvalue weighted by Crippen LogP contribution is 2.40. The highest BCUT2D eigenvalue weighted by Gasteiger charge is 2.45. The van der Waals surface area contributed by atoms with Gasteiger partial charge < -0.3 is 25.0 Å². The summed E-state index contributed by atoms with van der Waals surface area (Å²) in [6.45, 7) is 1.52. The lowest BCUT2D eigenvalue weighted by Gasteiger charge is -2.42. The average molecular weight is 523 g/mol. The van der Waals surface area contributed by atoms with Crippen LogP contribution in [0.1, 0.15) is 32.9 Å². The van der Waals surface area contributed by atoms with Crippen LogP contribution in [0.4, 0.5) is 0 Å². The number of hydrogen-bond acceptors (Lipinski definition) is 7. The number of carboxylic acid groups (broad SMARTS) is 1. The Morgan fingerprint density at radius 3 is 2.46 bits per heavy atom. The lowest BCUT2D eigenvalue weighted by Crippen LogP contribution is -2.59. The Kier molecular flexibility index (Phi) is 6.63. The largest absolute Gasteiger partial charge is 0.496 e. The van der Waals surface area contributed by atoms with Gasteiger partial charge in [0.25, 0.3) is 5.91 Å². The number of likely N-dealkylation sites (tertiary alicyclic amines) is 1. The molecule has 37 heavy (non-hydrogen) atoms. The maximum atomic E-state index is 13.3. The van der Waals surface area contributed by atoms with Gasteiger partial charge in [0.2, 0.25) is 5.91 Å². The maximum absolute atomic E-state index is 13.3. The molecule has 2 aliphatic rings. The molecule has 2 heterocycles. The molecule has 1 aliphatic heterocycles. The van der Waals surface area contributed by atoms with Gasteiger partial charge in [-0.3, -0.25) is 14.4 Å². The van der Waals surface area contributed by atoms with Crippen molar-refractivity contribution in [3.05, 3.63) is 58.1 Å². The van der Waals surface area contributed by atoms with Crippen LogP contribution in [-0.4, -0.2) is 78.0 Å². The van der Waals surface area contributed by atoms with Gasteiger partial charge in [-0.25, -0.2) is 4.98 Å². The van der Waals surface area contributed by atoms with Crippen molar-refractivity contribution in [3.63, 3.8) is 0 Å². The van der Waals surface area contributed by atoms with Crippen molar-refractivity contribution >= 4 is 39.3 Å². The summed E-state index contributed by atoms with van der Waals surface area (Å²) in [6, 6.07) is 11.6. The molecule has 194 valence electrons. The van der Waals surface area contributed by atoms with Gasteiger partial charge in [-0.2, -0.15) is 0 Å². The van der Waals surface area contributed by atoms with Crippen LogP contribution in [0.3, 0.4) is 0 Å². The van der Waals surface area contributed by atoms with E-state index in [1.165, 1.54) is 11.3 Å². The summed E-state index contributed by atoms with van der Waals surface area (Å²) in [5.74, 6) is -0.872. The predicted molar refractivity (Wildman–Crippen MR) is 140 cm³/mol. The number of aliphatic carboxylic acids is 1. The number of aromatic nitrogens is 1. The van der Waals surface area contributed by atoms with Crippen LogP contribution in [0.25, 0.3) is 10.2 Å². The smallest absolute Gasteiger partial charge is 0.304 e. The van der Waals surface area contributed by atoms with Gasteiger partial charge in [-0.1, -0.05) is 24.3 Å². The minimum absolute atomic E-state index is 0.0869. The zero-order valence-electron chi connectivity index (χ0n) is 21.1. The molecular formula is C27H30N4O5S. The SMILES string of the molecule is COc1cc2sc(CNC(=O)C3(CC(=O)O)Cc4ccccc4C3)nc2cc1C(=O)N1CC(N(C)C)C1. The van der Waals surface area contributed by atoms with Crippen molar-refractivity contribution in [2.75, 3.05) is 34.3 Å². The van der Waals surface area contributed by atoms with Crippen molar-refractivity contribution < 1.29 is 24.2 Å². The number of carboxylic acids is 1. The molecule has 0 saturated carbocycles. The molecule has 0 radical (unpaired) electrons. The molecule has 2 N–H and O–H groups in total. The van der Waals surface area contributed by atoms with E-state index >= 15 is 0 Å². The van der Waals surface area contributed by atoms with E-state index < -0.39 is 11.4 Å². The fourth-order valence-corrected chi connectivity index (χ4v) is 6.14. The van der Waals surface area contributed by atoms with E-state index in [9.17, 15) is 19.5 Å². The Labute approximate surface area is 219 Å². The van der Waals surface area contributed by atoms with Gasteiger partial charge in [-0.05, 0) is 44.1 Å². The Balaban J connectivity index is 1.32. The first kappa shape index (κ1) is 25.2. The predicted octanol–water partition coefficient (Wildman–Crippen LogP) is 2.57. The van der Waals surface area contributed by atoms with E-state index in [1.54, 1.807) is 18.1 Å². The minimum atomic E-state index is -1.02. The number of carbonyl (C=O) groups excluding carboxylic acids is 2. The number of benzene rings is 2. The summed E-state index contributed by atoms with van der Waals surface area (Å²) in [4.78, 5) is 46.6. The van der Waals surface area contributed by atoms with Crippen molar-refractivity contribution in [2.45, 2.75) is 31.8 Å². The molecule has 1 fully saturated rings. The Bertz CT molecular complexity index is 1350. The molecule has 0 spiro atoms. The van der Waals surface area contributed by atoms with Crippen molar-refractivity contribution in [2.24, 2.45) is 5.41 Å². The molecule has 2 amide bonds. The number of amides is 2. The Hall–Kier alpha value is -3.50. The number of hydrogen-bond donors (Lipinski definition) is 2. The zero-order valence-corrected chi connectivity index (χ0v) is 21.9. The van der Waals surface area contributed by atoms with E-state index in [1.807, 2.05) is 44.4 Å². The number of fused-ring (bicyclic) bond motifs is 2. The van der Waals surface area contributed by atoms with Gasteiger partial charge in [0, 0.05) is 25.2 Å². The topological polar surface area (TPSA) is 112 Å². The number of nitrogens with one attached hydrogen (secondary N) is 1. The van der Waals surface area contributed by atoms with Crippen LogP contribution < -0.4 is 10.1 Å². The van der Waals surface area contributed by atoms with Crippen LogP contribution in [0.2, 0.25) is 0 Å². The zero-order chi connectivity index (χ0) is 26.3. The molecule has 0 unspecified atom stereocenters. The third-order valence-electron chi connectivity index (χ3n) is 7.41. The summed E-state index contributed by atoms with van der Waals surface area (Å²) >= 11 is 1.41. The maximum Gasteiger partial charge on any atom is 0.304 e. The highest BCUT2D eigenvalue weighted by atomic mass is 32.1. The fourth-order valence-electron chi connectivity index (χ4n) is 5.23. The first-order valence-electron chi connectivity index (χ1n) is 12.2. The molecule has 1 aromatic heterocycles. The molecule has 0 atom stereocenters. The Morgan fingerprint density at radius 2 is 1.86 bits per heavy atom. The molecule has 0 bridgehead atoms. The van der Waals surface area contributed by atoms with Gasteiger partial charge >= 0.3 is 5.97 Å². The molecule has 1 saturated heterocycles. The number of nitrogens with zero attached hydrogens (tertiary/aromatic N) is 3. The summed E-state index contributed by atoms with van der Waals surface area (Å²) in [7, 11) is 5.55. The summed E-state index contributed by atoms with van der Waals surface area (Å²) < 4.78 is 6.37. The molecule has 5 rings (SSSR count). The number of likely N-dealkylation sites (N-methyl/N-ethyl adjacent to an activating group) is 1. The summed E-state index contributed by atoms with van der Waals surface area (Å²) in [5.41, 5.74) is 2.15. The second-order valence-electron chi connectivity index (χ2n) is 10.1. The van der Waals surface area contributed by atoms with Crippen molar-refractivity contribution in [1.29, 1.82) is 0 Å². The van der Waals surface area contributed by atoms with Gasteiger partial charge in [0.05, 0.1) is 41.3 Å². The third kappa shape index (κ3) is 4.78. The number of rotatable bonds is 8. The van der Waals surface area contributed by atoms with Crippen LogP contribution in [0, 0.1) is 5.41 Å².